The van der Waals surface area contributed by atoms with Gasteiger partial charge in [-0.2, -0.15) is 13.2 Å². The standard InChI is InChI=1S/C13H14ClF3N2O2/c1-21-8-2-3-9(14)10(6-8)19-11(20)12(13(15,16)17)4-5-18-7-12/h2-3,6,18H,4-5,7H2,1H3,(H,19,20). The molecule has 0 spiro atoms. The summed E-state index contributed by atoms with van der Waals surface area (Å²) >= 11 is 5.90. The quantitative estimate of drug-likeness (QED) is 0.899. The maximum atomic E-state index is 13.3. The molecule has 1 saturated heterocycles. The molecule has 0 aliphatic carbocycles. The SMILES string of the molecule is COc1ccc(Cl)c(NC(=O)C2(C(F)(F)F)CCNC2)c1. The smallest absolute Gasteiger partial charge is 0.404 e. The number of hydrogen-bond donors (Lipinski definition) is 2. The van der Waals surface area contributed by atoms with Gasteiger partial charge in [0.25, 0.3) is 0 Å². The molecular formula is C13H14ClF3N2O2. The third-order valence-electron chi connectivity index (χ3n) is 3.55. The Morgan fingerprint density at radius 3 is 2.71 bits per heavy atom. The number of carbonyl (C=O) groups excluding carboxylic acids is 1. The van der Waals surface area contributed by atoms with Crippen LogP contribution in [0.4, 0.5) is 18.9 Å². The number of benzene rings is 1. The number of halogens is 4. The number of alkyl halides is 3. The summed E-state index contributed by atoms with van der Waals surface area (Å²) in [5.74, 6) is -0.726. The van der Waals surface area contributed by atoms with Crippen LogP contribution in [0.2, 0.25) is 5.02 Å². The molecular weight excluding hydrogens is 309 g/mol. The molecule has 8 heteroatoms. The fourth-order valence-electron chi connectivity index (χ4n) is 2.23. The van der Waals surface area contributed by atoms with Crippen molar-refractivity contribution >= 4 is 23.2 Å². The van der Waals surface area contributed by atoms with Crippen LogP contribution in [-0.4, -0.2) is 32.3 Å². The molecule has 4 nitrogen and oxygen atoms in total. The average Bonchev–Trinajstić information content (AvgIpc) is 2.91. The molecule has 1 aromatic rings. The predicted octanol–water partition coefficient (Wildman–Crippen LogP) is 2.83. The van der Waals surface area contributed by atoms with Gasteiger partial charge in [0.05, 0.1) is 17.8 Å². The Bertz CT molecular complexity index is 543. The number of amides is 1. The van der Waals surface area contributed by atoms with Crippen molar-refractivity contribution in [1.29, 1.82) is 0 Å². The zero-order valence-electron chi connectivity index (χ0n) is 11.2. The van der Waals surface area contributed by atoms with E-state index in [0.717, 1.165) is 0 Å². The summed E-state index contributed by atoms with van der Waals surface area (Å²) in [4.78, 5) is 12.2. The molecule has 0 aromatic heterocycles. The molecule has 1 aromatic carbocycles. The lowest BCUT2D eigenvalue weighted by molar-refractivity contribution is -0.213. The van der Waals surface area contributed by atoms with Crippen LogP contribution in [-0.2, 0) is 4.79 Å². The molecule has 1 fully saturated rings. The molecule has 0 radical (unpaired) electrons. The van der Waals surface area contributed by atoms with E-state index in [1.165, 1.54) is 19.2 Å². The molecule has 1 atom stereocenters. The predicted molar refractivity (Wildman–Crippen MR) is 72.6 cm³/mol. The second-order valence-electron chi connectivity index (χ2n) is 4.81. The lowest BCUT2D eigenvalue weighted by atomic mass is 9.85. The number of carbonyl (C=O) groups is 1. The van der Waals surface area contributed by atoms with Gasteiger partial charge >= 0.3 is 6.18 Å². The third-order valence-corrected chi connectivity index (χ3v) is 3.88. The lowest BCUT2D eigenvalue weighted by Gasteiger charge is -2.29. The number of nitrogens with one attached hydrogen (secondary N) is 2. The van der Waals surface area contributed by atoms with Crippen molar-refractivity contribution in [3.8, 4) is 5.75 Å². The molecule has 116 valence electrons. The fraction of sp³-hybridized carbons (Fsp3) is 0.462. The summed E-state index contributed by atoms with van der Waals surface area (Å²) in [5.41, 5.74) is -2.34. The van der Waals surface area contributed by atoms with E-state index in [1.54, 1.807) is 6.07 Å². The summed E-state index contributed by atoms with van der Waals surface area (Å²) in [6.07, 6.45) is -4.93. The first kappa shape index (κ1) is 15.9. The van der Waals surface area contributed by atoms with E-state index in [9.17, 15) is 18.0 Å². The number of hydrogen-bond acceptors (Lipinski definition) is 3. The van der Waals surface area contributed by atoms with Crippen LogP contribution in [0.5, 0.6) is 5.75 Å². The fourth-order valence-corrected chi connectivity index (χ4v) is 2.39. The Labute approximate surface area is 124 Å². The second-order valence-corrected chi connectivity index (χ2v) is 5.21. The number of methoxy groups -OCH3 is 1. The highest BCUT2D eigenvalue weighted by Gasteiger charge is 2.61. The molecule has 1 aliphatic rings. The highest BCUT2D eigenvalue weighted by Crippen LogP contribution is 2.44. The van der Waals surface area contributed by atoms with Crippen molar-refractivity contribution in [2.45, 2.75) is 12.6 Å². The van der Waals surface area contributed by atoms with Gasteiger partial charge in [0, 0.05) is 12.6 Å². The Morgan fingerprint density at radius 2 is 2.19 bits per heavy atom. The van der Waals surface area contributed by atoms with Gasteiger partial charge in [0.15, 0.2) is 5.41 Å². The van der Waals surface area contributed by atoms with Crippen molar-refractivity contribution in [3.05, 3.63) is 23.2 Å². The van der Waals surface area contributed by atoms with Crippen molar-refractivity contribution in [2.24, 2.45) is 5.41 Å². The maximum Gasteiger partial charge on any atom is 0.404 e. The minimum absolute atomic E-state index is 0.0940. The summed E-state index contributed by atoms with van der Waals surface area (Å²) in [6, 6.07) is 4.38. The number of anilines is 1. The Morgan fingerprint density at radius 1 is 1.48 bits per heavy atom. The minimum atomic E-state index is -4.63. The lowest BCUT2D eigenvalue weighted by Crippen LogP contribution is -2.49. The van der Waals surface area contributed by atoms with Gasteiger partial charge in [-0.05, 0) is 25.1 Å². The molecule has 2 N–H and O–H groups in total. The zero-order chi connectivity index (χ0) is 15.7. The van der Waals surface area contributed by atoms with Crippen LogP contribution >= 0.6 is 11.6 Å². The minimum Gasteiger partial charge on any atom is -0.497 e. The highest BCUT2D eigenvalue weighted by molar-refractivity contribution is 6.33. The van der Waals surface area contributed by atoms with Gasteiger partial charge in [0.2, 0.25) is 5.91 Å². The van der Waals surface area contributed by atoms with Crippen LogP contribution in [0.1, 0.15) is 6.42 Å². The van der Waals surface area contributed by atoms with Crippen molar-refractivity contribution in [1.82, 2.24) is 5.32 Å². The Balaban J connectivity index is 2.28. The van der Waals surface area contributed by atoms with Gasteiger partial charge < -0.3 is 15.4 Å². The molecule has 2 rings (SSSR count). The van der Waals surface area contributed by atoms with Gasteiger partial charge in [-0.15, -0.1) is 0 Å². The van der Waals surface area contributed by atoms with Gasteiger partial charge in [-0.3, -0.25) is 4.79 Å². The normalized spacial score (nSPS) is 22.1. The van der Waals surface area contributed by atoms with E-state index >= 15 is 0 Å². The molecule has 1 amide bonds. The Kier molecular flexibility index (Phi) is 4.34. The van der Waals surface area contributed by atoms with Gasteiger partial charge in [-0.25, -0.2) is 0 Å². The molecule has 1 unspecified atom stereocenters. The number of rotatable bonds is 3. The van der Waals surface area contributed by atoms with Crippen LogP contribution in [0.15, 0.2) is 18.2 Å². The van der Waals surface area contributed by atoms with E-state index in [4.69, 9.17) is 16.3 Å². The summed E-state index contributed by atoms with van der Waals surface area (Å²) < 4.78 is 44.7. The molecule has 21 heavy (non-hydrogen) atoms. The average molecular weight is 323 g/mol. The van der Waals surface area contributed by atoms with E-state index in [1.807, 2.05) is 0 Å². The first-order valence-electron chi connectivity index (χ1n) is 6.22. The van der Waals surface area contributed by atoms with Gasteiger partial charge in [0.1, 0.15) is 5.75 Å². The molecule has 1 heterocycles. The highest BCUT2D eigenvalue weighted by atomic mass is 35.5. The van der Waals surface area contributed by atoms with Gasteiger partial charge in [-0.1, -0.05) is 11.6 Å². The topological polar surface area (TPSA) is 50.4 Å². The van der Waals surface area contributed by atoms with E-state index in [-0.39, 0.29) is 23.7 Å². The van der Waals surface area contributed by atoms with Crippen LogP contribution < -0.4 is 15.4 Å². The second kappa shape index (κ2) is 5.73. The molecule has 0 saturated carbocycles. The first-order chi connectivity index (χ1) is 9.80. The zero-order valence-corrected chi connectivity index (χ0v) is 11.9. The summed E-state index contributed by atoms with van der Waals surface area (Å²) in [5, 5.41) is 4.99. The summed E-state index contributed by atoms with van der Waals surface area (Å²) in [6.45, 7) is -0.303. The van der Waals surface area contributed by atoms with Crippen LogP contribution in [0.3, 0.4) is 0 Å². The van der Waals surface area contributed by atoms with Crippen molar-refractivity contribution in [2.75, 3.05) is 25.5 Å². The summed E-state index contributed by atoms with van der Waals surface area (Å²) in [7, 11) is 1.41. The third kappa shape index (κ3) is 2.94. The van der Waals surface area contributed by atoms with Crippen molar-refractivity contribution < 1.29 is 22.7 Å². The van der Waals surface area contributed by atoms with E-state index < -0.39 is 24.0 Å². The number of ether oxygens (including phenoxy) is 1. The first-order valence-corrected chi connectivity index (χ1v) is 6.60. The maximum absolute atomic E-state index is 13.3. The van der Waals surface area contributed by atoms with Crippen LogP contribution in [0.25, 0.3) is 0 Å². The van der Waals surface area contributed by atoms with E-state index in [0.29, 0.717) is 5.75 Å². The Hall–Kier alpha value is -1.47. The van der Waals surface area contributed by atoms with E-state index in [2.05, 4.69) is 10.6 Å². The monoisotopic (exact) mass is 322 g/mol. The van der Waals surface area contributed by atoms with Crippen molar-refractivity contribution in [3.63, 3.8) is 0 Å². The largest absolute Gasteiger partial charge is 0.497 e. The molecule has 0 bridgehead atoms. The molecule has 1 aliphatic heterocycles. The van der Waals surface area contributed by atoms with Crippen LogP contribution in [0, 0.1) is 5.41 Å².